The number of rotatable bonds is 1. The summed E-state index contributed by atoms with van der Waals surface area (Å²) in [7, 11) is 0. The first kappa shape index (κ1) is 9.30. The Morgan fingerprint density at radius 1 is 1.06 bits per heavy atom. The molecular weight excluding hydrogens is 220 g/mol. The minimum Gasteiger partial charge on any atom is -0.820 e. The molecule has 2 aromatic carbocycles. The van der Waals surface area contributed by atoms with Gasteiger partial charge in [-0.05, 0) is 21.5 Å². The molecule has 3 aromatic rings. The number of hydrogen-bond donors (Lipinski definition) is 0. The Kier molecular flexibility index (Phi) is 2.08. The number of fused-ring (bicyclic) bond motifs is 1. The lowest BCUT2D eigenvalue weighted by molar-refractivity contribution is -0.695. The summed E-state index contributed by atoms with van der Waals surface area (Å²) < 4.78 is 5.45. The van der Waals surface area contributed by atoms with Gasteiger partial charge in [-0.15, -0.1) is 0 Å². The highest BCUT2D eigenvalue weighted by Gasteiger charge is 2.11. The molecule has 0 aliphatic rings. The molecule has 1 aromatic heterocycles. The lowest BCUT2D eigenvalue weighted by Gasteiger charge is -1.99. The molecule has 3 rings (SSSR count). The molecule has 3 nitrogen and oxygen atoms in total. The van der Waals surface area contributed by atoms with Crippen LogP contribution < -0.4 is 9.79 Å². The van der Waals surface area contributed by atoms with Gasteiger partial charge in [-0.1, -0.05) is 24.3 Å². The summed E-state index contributed by atoms with van der Waals surface area (Å²) in [6, 6.07) is 13.9. The molecule has 1 heterocycles. The fourth-order valence-electron chi connectivity index (χ4n) is 1.69. The smallest absolute Gasteiger partial charge is 0.239 e. The molecule has 78 valence electrons. The van der Waals surface area contributed by atoms with Crippen LogP contribution in [-0.2, 0) is 0 Å². The van der Waals surface area contributed by atoms with Gasteiger partial charge in [-0.2, -0.15) is 0 Å². The first-order valence-electron chi connectivity index (χ1n) is 4.87. The lowest BCUT2D eigenvalue weighted by atomic mass is 10.1. The van der Waals surface area contributed by atoms with Crippen LogP contribution in [0.3, 0.4) is 0 Å². The average Bonchev–Trinajstić information content (AvgIpc) is 2.75. The molecule has 0 amide bonds. The van der Waals surface area contributed by atoms with Crippen molar-refractivity contribution in [2.75, 3.05) is 0 Å². The lowest BCUT2D eigenvalue weighted by Crippen LogP contribution is -2.35. The molecule has 0 radical (unpaired) electrons. The molecule has 0 aliphatic heterocycles. The summed E-state index contributed by atoms with van der Waals surface area (Å²) in [5, 5.41) is 15.2. The Balaban J connectivity index is 2.23. The first-order chi connectivity index (χ1) is 7.84. The minimum atomic E-state index is -0.0831. The van der Waals surface area contributed by atoms with Crippen LogP contribution in [-0.4, -0.2) is 4.49 Å². The predicted octanol–water partition coefficient (Wildman–Crippen LogP) is 1.65. The number of hydrogen-bond acceptors (Lipinski definition) is 3. The maximum atomic E-state index is 11.5. The molecule has 0 N–H and O–H groups in total. The third kappa shape index (κ3) is 1.44. The Morgan fingerprint density at radius 2 is 1.88 bits per heavy atom. The van der Waals surface area contributed by atoms with Gasteiger partial charge >= 0.3 is 0 Å². The van der Waals surface area contributed by atoms with Crippen molar-refractivity contribution in [3.8, 4) is 11.6 Å². The van der Waals surface area contributed by atoms with Crippen molar-refractivity contribution in [3.05, 3.63) is 47.8 Å². The highest BCUT2D eigenvalue weighted by Crippen LogP contribution is 2.16. The first-order valence-corrected chi connectivity index (χ1v) is 5.71. The van der Waals surface area contributed by atoms with E-state index in [-0.39, 0.29) is 5.88 Å². The molecule has 16 heavy (non-hydrogen) atoms. The van der Waals surface area contributed by atoms with Gasteiger partial charge in [-0.3, -0.25) is 0 Å². The van der Waals surface area contributed by atoms with Crippen LogP contribution in [0.5, 0.6) is 5.88 Å². The van der Waals surface area contributed by atoms with Crippen molar-refractivity contribution in [1.29, 1.82) is 0 Å². The maximum Gasteiger partial charge on any atom is 0.239 e. The second-order valence-corrected chi connectivity index (χ2v) is 4.10. The van der Waals surface area contributed by atoms with Gasteiger partial charge in [-0.25, -0.2) is 0 Å². The van der Waals surface area contributed by atoms with Gasteiger partial charge in [0.1, 0.15) is 0 Å². The third-order valence-electron chi connectivity index (χ3n) is 2.47. The van der Waals surface area contributed by atoms with Crippen LogP contribution in [0.1, 0.15) is 0 Å². The van der Waals surface area contributed by atoms with E-state index in [9.17, 15) is 5.11 Å². The highest BCUT2D eigenvalue weighted by molar-refractivity contribution is 7.03. The molecule has 0 unspecified atom stereocenters. The van der Waals surface area contributed by atoms with Crippen molar-refractivity contribution in [1.82, 2.24) is 4.49 Å². The summed E-state index contributed by atoms with van der Waals surface area (Å²) in [6.07, 6.45) is 0. The van der Waals surface area contributed by atoms with Gasteiger partial charge in [0, 0.05) is 23.7 Å². The van der Waals surface area contributed by atoms with Gasteiger partial charge in [0.15, 0.2) is 5.88 Å². The molecule has 4 heteroatoms. The molecule has 0 fully saturated rings. The van der Waals surface area contributed by atoms with Gasteiger partial charge in [0.2, 0.25) is 5.69 Å². The topological polar surface area (TPSA) is 39.8 Å². The number of benzene rings is 2. The summed E-state index contributed by atoms with van der Waals surface area (Å²) in [6.45, 7) is 0. The standard InChI is InChI=1S/C12H8N2OS/c15-12-8-16-13-14(12)11-6-5-9-3-1-2-4-10(9)7-11/h1-8H. The Hall–Kier alpha value is -1.94. The van der Waals surface area contributed by atoms with E-state index in [1.165, 1.54) is 21.6 Å². The van der Waals surface area contributed by atoms with Crippen LogP contribution in [0.4, 0.5) is 0 Å². The molecule has 0 bridgehead atoms. The quantitative estimate of drug-likeness (QED) is 0.594. The van der Waals surface area contributed by atoms with Crippen LogP contribution >= 0.6 is 11.5 Å². The largest absolute Gasteiger partial charge is 0.820 e. The number of nitrogens with zero attached hydrogens (tertiary/aromatic N) is 2. The average molecular weight is 228 g/mol. The van der Waals surface area contributed by atoms with Gasteiger partial charge in [0.05, 0.1) is 9.87 Å². The summed E-state index contributed by atoms with van der Waals surface area (Å²) in [5.74, 6) is -0.0831. The third-order valence-corrected chi connectivity index (χ3v) is 3.03. The van der Waals surface area contributed by atoms with Crippen molar-refractivity contribution in [3.63, 3.8) is 0 Å². The van der Waals surface area contributed by atoms with Gasteiger partial charge in [0.25, 0.3) is 0 Å². The van der Waals surface area contributed by atoms with Gasteiger partial charge < -0.3 is 5.11 Å². The van der Waals surface area contributed by atoms with E-state index < -0.39 is 0 Å². The Bertz CT molecular complexity index is 648. The maximum absolute atomic E-state index is 11.5. The summed E-state index contributed by atoms with van der Waals surface area (Å²) in [5.41, 5.74) is 0.810. The van der Waals surface area contributed by atoms with E-state index in [4.69, 9.17) is 0 Å². The number of aromatic nitrogens is 2. The Labute approximate surface area is 96.4 Å². The van der Waals surface area contributed by atoms with Crippen LogP contribution in [0.2, 0.25) is 0 Å². The zero-order chi connectivity index (χ0) is 11.0. The van der Waals surface area contributed by atoms with E-state index >= 15 is 0 Å². The minimum absolute atomic E-state index is 0.0831. The summed E-state index contributed by atoms with van der Waals surface area (Å²) >= 11 is 1.17. The fraction of sp³-hybridized carbons (Fsp3) is 0. The molecule has 0 saturated carbocycles. The van der Waals surface area contributed by atoms with E-state index in [2.05, 4.69) is 4.49 Å². The normalized spacial score (nSPS) is 10.8. The van der Waals surface area contributed by atoms with E-state index in [0.29, 0.717) is 0 Å². The van der Waals surface area contributed by atoms with E-state index in [1.54, 1.807) is 0 Å². The Morgan fingerprint density at radius 3 is 2.62 bits per heavy atom. The second-order valence-electron chi connectivity index (χ2n) is 3.49. The molecule has 0 atom stereocenters. The summed E-state index contributed by atoms with van der Waals surface area (Å²) in [4.78, 5) is 0. The van der Waals surface area contributed by atoms with Crippen molar-refractivity contribution in [2.24, 2.45) is 0 Å². The van der Waals surface area contributed by atoms with Crippen molar-refractivity contribution >= 4 is 22.3 Å². The monoisotopic (exact) mass is 228 g/mol. The van der Waals surface area contributed by atoms with E-state index in [0.717, 1.165) is 16.5 Å². The van der Waals surface area contributed by atoms with Crippen molar-refractivity contribution in [2.45, 2.75) is 0 Å². The zero-order valence-corrected chi connectivity index (χ0v) is 9.15. The van der Waals surface area contributed by atoms with Crippen LogP contribution in [0.25, 0.3) is 16.5 Å². The van der Waals surface area contributed by atoms with Crippen LogP contribution in [0.15, 0.2) is 47.8 Å². The molecule has 0 spiro atoms. The zero-order valence-electron chi connectivity index (χ0n) is 8.33. The molecule has 0 aliphatic carbocycles. The molecule has 0 saturated heterocycles. The highest BCUT2D eigenvalue weighted by atomic mass is 32.1. The van der Waals surface area contributed by atoms with Crippen molar-refractivity contribution < 1.29 is 9.79 Å². The molecular formula is C12H8N2OS. The fourth-order valence-corrected chi connectivity index (χ4v) is 2.19. The van der Waals surface area contributed by atoms with Crippen LogP contribution in [0, 0.1) is 0 Å². The SMILES string of the molecule is [O-]c1csn[n+]1-c1ccc2ccccc2c1. The van der Waals surface area contributed by atoms with E-state index in [1.807, 2.05) is 42.5 Å². The second kappa shape index (κ2) is 3.57. The predicted molar refractivity (Wildman–Crippen MR) is 60.6 cm³/mol.